The predicted molar refractivity (Wildman–Crippen MR) is 86.2 cm³/mol. The Labute approximate surface area is 129 Å². The van der Waals surface area contributed by atoms with Crippen molar-refractivity contribution in [1.82, 2.24) is 10.6 Å². The molecule has 0 aromatic heterocycles. The number of nitrogens with one attached hydrogen (secondary N) is 2. The van der Waals surface area contributed by atoms with E-state index in [2.05, 4.69) is 10.6 Å². The van der Waals surface area contributed by atoms with Crippen LogP contribution in [0.25, 0.3) is 0 Å². The van der Waals surface area contributed by atoms with E-state index in [0.29, 0.717) is 0 Å². The molecule has 124 valence electrons. The molecule has 0 bridgehead atoms. The molecular weight excluding hydrogens is 288 g/mol. The number of rotatable bonds is 4. The number of carbonyl (C=O) groups is 1. The van der Waals surface area contributed by atoms with Gasteiger partial charge in [0.15, 0.2) is 9.84 Å². The third kappa shape index (κ3) is 5.16. The molecule has 5 nitrogen and oxygen atoms in total. The Balaban J connectivity index is 2.92. The van der Waals surface area contributed by atoms with Crippen LogP contribution in [0.3, 0.4) is 0 Å². The number of sulfone groups is 1. The molecule has 2 N–H and O–H groups in total. The predicted octanol–water partition coefficient (Wildman–Crippen LogP) is 2.61. The second kappa shape index (κ2) is 6.55. The van der Waals surface area contributed by atoms with E-state index >= 15 is 0 Å². The Kier molecular flexibility index (Phi) is 5.69. The van der Waals surface area contributed by atoms with Gasteiger partial charge in [0, 0.05) is 6.04 Å². The SMILES string of the molecule is CC(C)NC(=O)NC1(CS(=O)(=O)C(C)(C)C)CCCCC1. The third-order valence-electron chi connectivity index (χ3n) is 4.01. The lowest BCUT2D eigenvalue weighted by Crippen LogP contribution is -2.58. The summed E-state index contributed by atoms with van der Waals surface area (Å²) in [6, 6.07) is -0.235. The van der Waals surface area contributed by atoms with Gasteiger partial charge in [0.25, 0.3) is 0 Å². The number of carbonyl (C=O) groups excluding carboxylic acids is 1. The van der Waals surface area contributed by atoms with Crippen molar-refractivity contribution >= 4 is 15.9 Å². The monoisotopic (exact) mass is 318 g/mol. The van der Waals surface area contributed by atoms with Crippen LogP contribution >= 0.6 is 0 Å². The van der Waals surface area contributed by atoms with Crippen molar-refractivity contribution in [1.29, 1.82) is 0 Å². The second-order valence-electron chi connectivity index (χ2n) is 7.47. The van der Waals surface area contributed by atoms with Crippen molar-refractivity contribution in [2.45, 2.75) is 83.1 Å². The molecule has 21 heavy (non-hydrogen) atoms. The zero-order chi connectivity index (χ0) is 16.3. The first-order valence-corrected chi connectivity index (χ1v) is 9.44. The van der Waals surface area contributed by atoms with Gasteiger partial charge in [-0.05, 0) is 47.5 Å². The molecule has 1 rings (SSSR count). The Morgan fingerprint density at radius 2 is 1.67 bits per heavy atom. The molecule has 2 amide bonds. The average Bonchev–Trinajstić information content (AvgIpc) is 2.25. The molecule has 0 saturated heterocycles. The molecule has 1 saturated carbocycles. The van der Waals surface area contributed by atoms with E-state index < -0.39 is 20.1 Å². The van der Waals surface area contributed by atoms with Gasteiger partial charge in [0.05, 0.1) is 16.0 Å². The van der Waals surface area contributed by atoms with Crippen molar-refractivity contribution in [3.63, 3.8) is 0 Å². The van der Waals surface area contributed by atoms with E-state index in [9.17, 15) is 13.2 Å². The van der Waals surface area contributed by atoms with Crippen LogP contribution < -0.4 is 10.6 Å². The average molecular weight is 318 g/mol. The Morgan fingerprint density at radius 1 is 1.14 bits per heavy atom. The zero-order valence-electron chi connectivity index (χ0n) is 14.0. The Morgan fingerprint density at radius 3 is 2.10 bits per heavy atom. The van der Waals surface area contributed by atoms with Crippen molar-refractivity contribution < 1.29 is 13.2 Å². The summed E-state index contributed by atoms with van der Waals surface area (Å²) in [5, 5.41) is 5.76. The van der Waals surface area contributed by atoms with Gasteiger partial charge in [-0.3, -0.25) is 0 Å². The maximum Gasteiger partial charge on any atom is 0.315 e. The van der Waals surface area contributed by atoms with Crippen LogP contribution in [0.5, 0.6) is 0 Å². The normalized spacial score (nSPS) is 19.3. The molecule has 0 aliphatic heterocycles. The summed E-state index contributed by atoms with van der Waals surface area (Å²) in [4.78, 5) is 12.0. The van der Waals surface area contributed by atoms with Crippen molar-refractivity contribution in [2.24, 2.45) is 0 Å². The topological polar surface area (TPSA) is 75.3 Å². The minimum absolute atomic E-state index is 0.0228. The summed E-state index contributed by atoms with van der Waals surface area (Å²) >= 11 is 0. The van der Waals surface area contributed by atoms with Gasteiger partial charge < -0.3 is 10.6 Å². The smallest absolute Gasteiger partial charge is 0.315 e. The highest BCUT2D eigenvalue weighted by Gasteiger charge is 2.42. The van der Waals surface area contributed by atoms with Crippen LogP contribution in [-0.4, -0.2) is 36.5 Å². The zero-order valence-corrected chi connectivity index (χ0v) is 14.8. The Hall–Kier alpha value is -0.780. The largest absolute Gasteiger partial charge is 0.336 e. The summed E-state index contributed by atoms with van der Waals surface area (Å²) in [7, 11) is -3.27. The molecule has 1 aliphatic rings. The van der Waals surface area contributed by atoms with E-state index in [1.165, 1.54) is 0 Å². The van der Waals surface area contributed by atoms with Crippen LogP contribution in [0.4, 0.5) is 4.79 Å². The lowest BCUT2D eigenvalue weighted by Gasteiger charge is -2.39. The molecule has 0 unspecified atom stereocenters. The van der Waals surface area contributed by atoms with Gasteiger partial charge in [-0.1, -0.05) is 19.3 Å². The molecule has 1 fully saturated rings. The van der Waals surface area contributed by atoms with Crippen LogP contribution in [0.15, 0.2) is 0 Å². The fourth-order valence-corrected chi connectivity index (χ4v) is 4.17. The lowest BCUT2D eigenvalue weighted by molar-refractivity contribution is 0.209. The minimum Gasteiger partial charge on any atom is -0.336 e. The second-order valence-corrected chi connectivity index (χ2v) is 10.2. The number of hydrogen-bond donors (Lipinski definition) is 2. The maximum atomic E-state index is 12.6. The van der Waals surface area contributed by atoms with Gasteiger partial charge in [0.2, 0.25) is 0 Å². The molecular formula is C15H30N2O3S. The van der Waals surface area contributed by atoms with E-state index in [4.69, 9.17) is 0 Å². The summed E-state index contributed by atoms with van der Waals surface area (Å²) in [5.74, 6) is 0.0228. The number of urea groups is 1. The first kappa shape index (κ1) is 18.3. The quantitative estimate of drug-likeness (QED) is 0.836. The molecule has 1 aliphatic carbocycles. The van der Waals surface area contributed by atoms with E-state index in [0.717, 1.165) is 32.1 Å². The van der Waals surface area contributed by atoms with Crippen LogP contribution in [0.2, 0.25) is 0 Å². The molecule has 0 aromatic carbocycles. The maximum absolute atomic E-state index is 12.6. The summed E-state index contributed by atoms with van der Waals surface area (Å²) in [6.45, 7) is 8.92. The van der Waals surface area contributed by atoms with Gasteiger partial charge in [-0.15, -0.1) is 0 Å². The van der Waals surface area contributed by atoms with Crippen LogP contribution in [0, 0.1) is 0 Å². The minimum atomic E-state index is -3.27. The number of amides is 2. The third-order valence-corrected chi connectivity index (χ3v) is 6.81. The van der Waals surface area contributed by atoms with Crippen molar-refractivity contribution in [3.05, 3.63) is 0 Å². The van der Waals surface area contributed by atoms with E-state index in [-0.39, 0.29) is 17.8 Å². The molecule has 0 radical (unpaired) electrons. The molecule has 0 atom stereocenters. The highest BCUT2D eigenvalue weighted by molar-refractivity contribution is 7.92. The van der Waals surface area contributed by atoms with Crippen molar-refractivity contribution in [2.75, 3.05) is 5.75 Å². The van der Waals surface area contributed by atoms with Crippen LogP contribution in [-0.2, 0) is 9.84 Å². The lowest BCUT2D eigenvalue weighted by atomic mass is 9.83. The molecule has 0 heterocycles. The van der Waals surface area contributed by atoms with Gasteiger partial charge in [0.1, 0.15) is 0 Å². The molecule has 6 heteroatoms. The highest BCUT2D eigenvalue weighted by atomic mass is 32.2. The first-order valence-electron chi connectivity index (χ1n) is 7.78. The highest BCUT2D eigenvalue weighted by Crippen LogP contribution is 2.32. The van der Waals surface area contributed by atoms with E-state index in [1.807, 2.05) is 13.8 Å². The molecule has 0 spiro atoms. The molecule has 0 aromatic rings. The fraction of sp³-hybridized carbons (Fsp3) is 0.933. The summed E-state index contributed by atoms with van der Waals surface area (Å²) < 4.78 is 24.3. The Bertz CT molecular complexity index is 458. The van der Waals surface area contributed by atoms with Gasteiger partial charge >= 0.3 is 6.03 Å². The summed E-state index contributed by atoms with van der Waals surface area (Å²) in [5.41, 5.74) is -0.622. The standard InChI is InChI=1S/C15H30N2O3S/c1-12(2)16-13(18)17-15(9-7-6-8-10-15)11-21(19,20)14(3,4)5/h12H,6-11H2,1-5H3,(H2,16,17,18). The number of hydrogen-bond acceptors (Lipinski definition) is 3. The fourth-order valence-electron chi connectivity index (χ4n) is 2.65. The van der Waals surface area contributed by atoms with Gasteiger partial charge in [-0.25, -0.2) is 13.2 Å². The van der Waals surface area contributed by atoms with Crippen molar-refractivity contribution in [3.8, 4) is 0 Å². The van der Waals surface area contributed by atoms with Gasteiger partial charge in [-0.2, -0.15) is 0 Å². The summed E-state index contributed by atoms with van der Waals surface area (Å²) in [6.07, 6.45) is 4.48. The van der Waals surface area contributed by atoms with E-state index in [1.54, 1.807) is 20.8 Å². The first-order chi connectivity index (χ1) is 9.47. The van der Waals surface area contributed by atoms with Crippen LogP contribution in [0.1, 0.15) is 66.7 Å².